The molecule has 2 N–H and O–H groups in total. The molecule has 4 heteroatoms. The van der Waals surface area contributed by atoms with Crippen LogP contribution in [0.15, 0.2) is 24.3 Å². The van der Waals surface area contributed by atoms with Crippen LogP contribution in [0, 0.1) is 11.8 Å². The van der Waals surface area contributed by atoms with Crippen LogP contribution in [0.4, 0.5) is 5.69 Å². The first-order valence-electron chi connectivity index (χ1n) is 6.06. The van der Waals surface area contributed by atoms with Gasteiger partial charge in [0.1, 0.15) is 5.60 Å². The van der Waals surface area contributed by atoms with E-state index < -0.39 is 5.60 Å². The number of hydrogen-bond acceptors (Lipinski definition) is 3. The monoisotopic (exact) mass is 261 g/mol. The van der Waals surface area contributed by atoms with Gasteiger partial charge in [-0.2, -0.15) is 0 Å². The van der Waals surface area contributed by atoms with E-state index in [1.54, 1.807) is 26.0 Å². The standard InChI is InChI=1S/C15H19NO3/c1-15(2,19-3)14(18)16-13-9-7-12(8-10-13)6-4-5-11-17/h7-10,17H,5,11H2,1-3H3,(H,16,18). The molecular weight excluding hydrogens is 242 g/mol. The number of aliphatic hydroxyl groups is 1. The maximum absolute atomic E-state index is 11.9. The first-order chi connectivity index (χ1) is 8.99. The summed E-state index contributed by atoms with van der Waals surface area (Å²) in [4.78, 5) is 11.9. The van der Waals surface area contributed by atoms with E-state index in [4.69, 9.17) is 9.84 Å². The van der Waals surface area contributed by atoms with Crippen LogP contribution in [0.3, 0.4) is 0 Å². The molecule has 19 heavy (non-hydrogen) atoms. The number of carbonyl (C=O) groups excluding carboxylic acids is 1. The van der Waals surface area contributed by atoms with Crippen LogP contribution in [0.1, 0.15) is 25.8 Å². The molecule has 1 aromatic rings. The summed E-state index contributed by atoms with van der Waals surface area (Å²) < 4.78 is 5.10. The van der Waals surface area contributed by atoms with Crippen molar-refractivity contribution in [1.82, 2.24) is 0 Å². The second kappa shape index (κ2) is 6.93. The number of anilines is 1. The molecule has 0 fully saturated rings. The van der Waals surface area contributed by atoms with Crippen molar-refractivity contribution in [1.29, 1.82) is 0 Å². The van der Waals surface area contributed by atoms with Crippen LogP contribution >= 0.6 is 0 Å². The Hall–Kier alpha value is -1.83. The van der Waals surface area contributed by atoms with Gasteiger partial charge in [-0.25, -0.2) is 0 Å². The van der Waals surface area contributed by atoms with Crippen LogP contribution in [0.25, 0.3) is 0 Å². The smallest absolute Gasteiger partial charge is 0.256 e. The van der Waals surface area contributed by atoms with Crippen molar-refractivity contribution in [3.05, 3.63) is 29.8 Å². The number of benzene rings is 1. The average molecular weight is 261 g/mol. The van der Waals surface area contributed by atoms with E-state index in [9.17, 15) is 4.79 Å². The third-order valence-corrected chi connectivity index (χ3v) is 2.67. The highest BCUT2D eigenvalue weighted by Crippen LogP contribution is 2.14. The Morgan fingerprint density at radius 1 is 1.37 bits per heavy atom. The first kappa shape index (κ1) is 15.2. The van der Waals surface area contributed by atoms with E-state index in [0.717, 1.165) is 5.56 Å². The van der Waals surface area contributed by atoms with Gasteiger partial charge in [0, 0.05) is 24.8 Å². The molecule has 1 rings (SSSR count). The van der Waals surface area contributed by atoms with Crippen molar-refractivity contribution in [2.45, 2.75) is 25.9 Å². The Kier molecular flexibility index (Phi) is 5.56. The Bertz CT molecular complexity index is 480. The summed E-state index contributed by atoms with van der Waals surface area (Å²) in [6.45, 7) is 3.47. The lowest BCUT2D eigenvalue weighted by molar-refractivity contribution is -0.133. The van der Waals surface area contributed by atoms with Crippen LogP contribution in [-0.4, -0.2) is 30.3 Å². The molecule has 4 nitrogen and oxygen atoms in total. The summed E-state index contributed by atoms with van der Waals surface area (Å²) in [7, 11) is 1.50. The van der Waals surface area contributed by atoms with Crippen molar-refractivity contribution in [2.75, 3.05) is 19.0 Å². The summed E-state index contributed by atoms with van der Waals surface area (Å²) >= 11 is 0. The van der Waals surface area contributed by atoms with Gasteiger partial charge >= 0.3 is 0 Å². The van der Waals surface area contributed by atoms with E-state index in [2.05, 4.69) is 17.2 Å². The van der Waals surface area contributed by atoms with Gasteiger partial charge in [-0.05, 0) is 38.1 Å². The SMILES string of the molecule is COC(C)(C)C(=O)Nc1ccc(C#CCCO)cc1. The Labute approximate surface area is 113 Å². The summed E-state index contributed by atoms with van der Waals surface area (Å²) in [6, 6.07) is 7.21. The highest BCUT2D eigenvalue weighted by atomic mass is 16.5. The van der Waals surface area contributed by atoms with E-state index in [0.29, 0.717) is 12.1 Å². The summed E-state index contributed by atoms with van der Waals surface area (Å²) in [5.74, 6) is 5.56. The molecule has 1 aromatic carbocycles. The third kappa shape index (κ3) is 4.74. The van der Waals surface area contributed by atoms with Crippen LogP contribution in [0.2, 0.25) is 0 Å². The number of rotatable bonds is 4. The zero-order chi connectivity index (χ0) is 14.3. The minimum atomic E-state index is -0.862. The van der Waals surface area contributed by atoms with Gasteiger partial charge in [-0.15, -0.1) is 0 Å². The van der Waals surface area contributed by atoms with Crippen molar-refractivity contribution >= 4 is 11.6 Å². The fourth-order valence-electron chi connectivity index (χ4n) is 1.23. The lowest BCUT2D eigenvalue weighted by Gasteiger charge is -2.21. The zero-order valence-electron chi connectivity index (χ0n) is 11.5. The predicted molar refractivity (Wildman–Crippen MR) is 74.7 cm³/mol. The molecule has 0 bridgehead atoms. The number of methoxy groups -OCH3 is 1. The van der Waals surface area contributed by atoms with Gasteiger partial charge in [-0.3, -0.25) is 4.79 Å². The summed E-state index contributed by atoms with van der Waals surface area (Å²) in [6.07, 6.45) is 0.459. The quantitative estimate of drug-likeness (QED) is 0.812. The molecule has 0 heterocycles. The lowest BCUT2D eigenvalue weighted by Crippen LogP contribution is -2.38. The highest BCUT2D eigenvalue weighted by molar-refractivity contribution is 5.96. The first-order valence-corrected chi connectivity index (χ1v) is 6.06. The molecule has 0 aromatic heterocycles. The molecule has 0 unspecified atom stereocenters. The second-order valence-corrected chi connectivity index (χ2v) is 4.52. The predicted octanol–water partition coefficient (Wildman–Crippen LogP) is 1.78. The normalized spacial score (nSPS) is 10.5. The maximum atomic E-state index is 11.9. The molecule has 0 spiro atoms. The van der Waals surface area contributed by atoms with Gasteiger partial charge in [0.2, 0.25) is 0 Å². The maximum Gasteiger partial charge on any atom is 0.256 e. The van der Waals surface area contributed by atoms with Crippen molar-refractivity contribution in [3.8, 4) is 11.8 Å². The highest BCUT2D eigenvalue weighted by Gasteiger charge is 2.26. The number of amides is 1. The van der Waals surface area contributed by atoms with E-state index in [-0.39, 0.29) is 12.5 Å². The van der Waals surface area contributed by atoms with Crippen LogP contribution in [-0.2, 0) is 9.53 Å². The van der Waals surface area contributed by atoms with Crippen LogP contribution in [0.5, 0.6) is 0 Å². The largest absolute Gasteiger partial charge is 0.395 e. The van der Waals surface area contributed by atoms with Gasteiger partial charge in [0.15, 0.2) is 0 Å². The van der Waals surface area contributed by atoms with Gasteiger partial charge in [0.25, 0.3) is 5.91 Å². The zero-order valence-corrected chi connectivity index (χ0v) is 11.5. The van der Waals surface area contributed by atoms with E-state index in [1.807, 2.05) is 12.1 Å². The number of aliphatic hydroxyl groups excluding tert-OH is 1. The van der Waals surface area contributed by atoms with Gasteiger partial charge < -0.3 is 15.2 Å². The van der Waals surface area contributed by atoms with E-state index in [1.165, 1.54) is 7.11 Å². The fourth-order valence-corrected chi connectivity index (χ4v) is 1.23. The molecule has 0 saturated carbocycles. The fraction of sp³-hybridized carbons (Fsp3) is 0.400. The Morgan fingerprint density at radius 2 is 2.00 bits per heavy atom. The van der Waals surface area contributed by atoms with Crippen molar-refractivity contribution in [3.63, 3.8) is 0 Å². The molecule has 0 radical (unpaired) electrons. The average Bonchev–Trinajstić information content (AvgIpc) is 2.41. The second-order valence-electron chi connectivity index (χ2n) is 4.52. The third-order valence-electron chi connectivity index (χ3n) is 2.67. The molecule has 0 aliphatic carbocycles. The lowest BCUT2D eigenvalue weighted by atomic mass is 10.1. The van der Waals surface area contributed by atoms with Gasteiger partial charge in [0.05, 0.1) is 6.61 Å². The molecule has 102 valence electrons. The van der Waals surface area contributed by atoms with E-state index >= 15 is 0 Å². The minimum absolute atomic E-state index is 0.0627. The van der Waals surface area contributed by atoms with Crippen LogP contribution < -0.4 is 5.32 Å². The number of hydrogen-bond donors (Lipinski definition) is 2. The molecular formula is C15H19NO3. The molecule has 0 atom stereocenters. The summed E-state index contributed by atoms with van der Waals surface area (Å²) in [5.41, 5.74) is 0.680. The Balaban J connectivity index is 2.68. The minimum Gasteiger partial charge on any atom is -0.395 e. The Morgan fingerprint density at radius 3 is 2.53 bits per heavy atom. The number of ether oxygens (including phenoxy) is 1. The van der Waals surface area contributed by atoms with Crippen molar-refractivity contribution < 1.29 is 14.6 Å². The summed E-state index contributed by atoms with van der Waals surface area (Å²) in [5, 5.41) is 11.4. The van der Waals surface area contributed by atoms with Crippen molar-refractivity contribution in [2.24, 2.45) is 0 Å². The number of nitrogens with one attached hydrogen (secondary N) is 1. The topological polar surface area (TPSA) is 58.6 Å². The molecule has 1 amide bonds. The number of carbonyl (C=O) groups is 1. The molecule has 0 saturated heterocycles. The molecule has 0 aliphatic rings. The molecule has 0 aliphatic heterocycles. The van der Waals surface area contributed by atoms with Gasteiger partial charge in [-0.1, -0.05) is 11.8 Å².